The van der Waals surface area contributed by atoms with Gasteiger partial charge in [0.25, 0.3) is 0 Å². The van der Waals surface area contributed by atoms with Crippen molar-refractivity contribution in [1.29, 1.82) is 0 Å². The molecule has 0 saturated heterocycles. The van der Waals surface area contributed by atoms with Crippen LogP contribution in [0.25, 0.3) is 0 Å². The molecule has 0 aliphatic rings. The summed E-state index contributed by atoms with van der Waals surface area (Å²) in [6.45, 7) is 3.53. The molecule has 0 bridgehead atoms. The van der Waals surface area contributed by atoms with Gasteiger partial charge in [0.15, 0.2) is 0 Å². The van der Waals surface area contributed by atoms with Crippen LogP contribution in [0.2, 0.25) is 0 Å². The fourth-order valence-corrected chi connectivity index (χ4v) is 2.79. The fourth-order valence-electron chi connectivity index (χ4n) is 2.07. The number of rotatable bonds is 5. The van der Waals surface area contributed by atoms with Crippen molar-refractivity contribution >= 4 is 17.2 Å². The number of nitrogens with one attached hydrogen (secondary N) is 1. The van der Waals surface area contributed by atoms with Crippen LogP contribution in [0.4, 0.5) is 13.2 Å². The second-order valence-electron chi connectivity index (χ2n) is 5.30. The van der Waals surface area contributed by atoms with Crippen molar-refractivity contribution in [3.05, 3.63) is 51.5 Å². The number of carbonyl (C=O) groups is 1. The highest BCUT2D eigenvalue weighted by Gasteiger charge is 2.36. The molecule has 0 saturated carbocycles. The van der Waals surface area contributed by atoms with Crippen LogP contribution >= 0.6 is 11.3 Å². The first-order valence-electron chi connectivity index (χ1n) is 6.76. The molecule has 1 aromatic heterocycles. The maximum atomic E-state index is 12.9. The van der Waals surface area contributed by atoms with Gasteiger partial charge < -0.3 is 5.73 Å². The molecule has 1 atom stereocenters. The molecule has 1 unspecified atom stereocenters. The summed E-state index contributed by atoms with van der Waals surface area (Å²) in [5, 5.41) is 5.50. The zero-order valence-corrected chi connectivity index (χ0v) is 13.4. The number of aryl methyl sites for hydroxylation is 1. The SMILES string of the molecule is Cc1csc(CNC(C)(C(N)=O)c2cccc(C(F)(F)F)c2)n1. The minimum absolute atomic E-state index is 0.160. The number of nitrogens with zero attached hydrogens (tertiary/aromatic N) is 1. The Kier molecular flexibility index (Phi) is 4.76. The van der Waals surface area contributed by atoms with Crippen molar-refractivity contribution in [1.82, 2.24) is 10.3 Å². The summed E-state index contributed by atoms with van der Waals surface area (Å²) < 4.78 is 38.6. The number of primary amides is 1. The zero-order chi connectivity index (χ0) is 17.3. The lowest BCUT2D eigenvalue weighted by Crippen LogP contribution is -2.50. The van der Waals surface area contributed by atoms with Crippen LogP contribution in [0, 0.1) is 6.92 Å². The molecule has 4 nitrogen and oxygen atoms in total. The number of hydrogen-bond donors (Lipinski definition) is 2. The molecule has 0 spiro atoms. The van der Waals surface area contributed by atoms with Crippen LogP contribution in [0.1, 0.15) is 28.8 Å². The third-order valence-corrected chi connectivity index (χ3v) is 4.49. The van der Waals surface area contributed by atoms with Gasteiger partial charge in [0.2, 0.25) is 5.91 Å². The molecular formula is C15H16F3N3OS. The van der Waals surface area contributed by atoms with E-state index in [1.54, 1.807) is 0 Å². The van der Waals surface area contributed by atoms with E-state index in [0.29, 0.717) is 0 Å². The Balaban J connectivity index is 2.31. The molecule has 1 amide bonds. The van der Waals surface area contributed by atoms with Gasteiger partial charge in [-0.1, -0.05) is 12.1 Å². The lowest BCUT2D eigenvalue weighted by atomic mass is 9.90. The van der Waals surface area contributed by atoms with E-state index in [1.807, 2.05) is 12.3 Å². The van der Waals surface area contributed by atoms with Gasteiger partial charge in [-0.25, -0.2) is 4.98 Å². The number of carbonyl (C=O) groups excluding carboxylic acids is 1. The second-order valence-corrected chi connectivity index (χ2v) is 6.25. The number of amides is 1. The number of nitrogens with two attached hydrogens (primary N) is 1. The van der Waals surface area contributed by atoms with Crippen LogP contribution in [0.3, 0.4) is 0 Å². The maximum Gasteiger partial charge on any atom is 0.416 e. The Labute approximate surface area is 135 Å². The summed E-state index contributed by atoms with van der Waals surface area (Å²) in [7, 11) is 0. The van der Waals surface area contributed by atoms with Gasteiger partial charge in [-0.05, 0) is 31.5 Å². The van der Waals surface area contributed by atoms with E-state index in [9.17, 15) is 18.0 Å². The van der Waals surface area contributed by atoms with Crippen molar-refractivity contribution < 1.29 is 18.0 Å². The van der Waals surface area contributed by atoms with Crippen molar-refractivity contribution in [2.24, 2.45) is 5.73 Å². The van der Waals surface area contributed by atoms with E-state index in [-0.39, 0.29) is 12.1 Å². The monoisotopic (exact) mass is 343 g/mol. The maximum absolute atomic E-state index is 12.9. The summed E-state index contributed by atoms with van der Waals surface area (Å²) in [6.07, 6.45) is -4.49. The zero-order valence-electron chi connectivity index (χ0n) is 12.6. The third-order valence-electron chi connectivity index (χ3n) is 3.52. The second kappa shape index (κ2) is 6.29. The molecule has 0 fully saturated rings. The third kappa shape index (κ3) is 3.89. The minimum atomic E-state index is -4.49. The van der Waals surface area contributed by atoms with Crippen LogP contribution in [-0.2, 0) is 23.1 Å². The quantitative estimate of drug-likeness (QED) is 0.877. The van der Waals surface area contributed by atoms with Gasteiger partial charge >= 0.3 is 6.18 Å². The molecule has 0 aliphatic carbocycles. The van der Waals surface area contributed by atoms with Crippen molar-refractivity contribution in [2.45, 2.75) is 32.1 Å². The largest absolute Gasteiger partial charge is 0.416 e. The molecule has 1 heterocycles. The van der Waals surface area contributed by atoms with Gasteiger partial charge in [-0.15, -0.1) is 11.3 Å². The predicted molar refractivity (Wildman–Crippen MR) is 81.7 cm³/mol. The highest BCUT2D eigenvalue weighted by Crippen LogP contribution is 2.32. The topological polar surface area (TPSA) is 68.0 Å². The van der Waals surface area contributed by atoms with Crippen molar-refractivity contribution in [2.75, 3.05) is 0 Å². The van der Waals surface area contributed by atoms with Crippen LogP contribution in [-0.4, -0.2) is 10.9 Å². The first-order valence-corrected chi connectivity index (χ1v) is 7.64. The van der Waals surface area contributed by atoms with Crippen LogP contribution in [0.5, 0.6) is 0 Å². The summed E-state index contributed by atoms with van der Waals surface area (Å²) in [6, 6.07) is 4.59. The Bertz CT molecular complexity index is 714. The molecule has 2 aromatic rings. The molecule has 3 N–H and O–H groups in total. The normalized spacial score (nSPS) is 14.5. The average Bonchev–Trinajstić information content (AvgIpc) is 2.89. The Morgan fingerprint density at radius 3 is 2.52 bits per heavy atom. The van der Waals surface area contributed by atoms with E-state index in [4.69, 9.17) is 5.73 Å². The van der Waals surface area contributed by atoms with E-state index >= 15 is 0 Å². The molecule has 1 aromatic carbocycles. The van der Waals surface area contributed by atoms with Crippen LogP contribution < -0.4 is 11.1 Å². The molecule has 124 valence electrons. The fraction of sp³-hybridized carbons (Fsp3) is 0.333. The average molecular weight is 343 g/mol. The number of benzene rings is 1. The Hall–Kier alpha value is -1.93. The molecule has 8 heteroatoms. The predicted octanol–water partition coefficient (Wildman–Crippen LogP) is 2.96. The Morgan fingerprint density at radius 1 is 1.35 bits per heavy atom. The highest BCUT2D eigenvalue weighted by molar-refractivity contribution is 7.09. The van der Waals surface area contributed by atoms with E-state index in [1.165, 1.54) is 30.4 Å². The molecule has 0 aliphatic heterocycles. The summed E-state index contributed by atoms with van der Waals surface area (Å²) >= 11 is 1.40. The lowest BCUT2D eigenvalue weighted by molar-refractivity contribution is -0.138. The van der Waals surface area contributed by atoms with Crippen LogP contribution in [0.15, 0.2) is 29.6 Å². The number of hydrogen-bond acceptors (Lipinski definition) is 4. The standard InChI is InChI=1S/C15H16F3N3OS/c1-9-8-23-12(21-9)7-20-14(2,13(19)22)10-4-3-5-11(6-10)15(16,17)18/h3-6,8,20H,7H2,1-2H3,(H2,19,22). The molecule has 0 radical (unpaired) electrons. The Morgan fingerprint density at radius 2 is 2.00 bits per heavy atom. The number of aromatic nitrogens is 1. The van der Waals surface area contributed by atoms with Gasteiger partial charge in [0, 0.05) is 17.6 Å². The lowest BCUT2D eigenvalue weighted by Gasteiger charge is -2.28. The van der Waals surface area contributed by atoms with Crippen molar-refractivity contribution in [3.63, 3.8) is 0 Å². The smallest absolute Gasteiger partial charge is 0.368 e. The number of alkyl halides is 3. The van der Waals surface area contributed by atoms with Gasteiger partial charge in [-0.2, -0.15) is 13.2 Å². The van der Waals surface area contributed by atoms with Gasteiger partial charge in [0.1, 0.15) is 10.5 Å². The number of halogens is 3. The first kappa shape index (κ1) is 17.4. The first-order chi connectivity index (χ1) is 10.6. The number of thiazole rings is 1. The summed E-state index contributed by atoms with van der Waals surface area (Å²) in [5.74, 6) is -0.759. The van der Waals surface area contributed by atoms with Crippen molar-refractivity contribution in [3.8, 4) is 0 Å². The van der Waals surface area contributed by atoms with E-state index in [0.717, 1.165) is 22.8 Å². The van der Waals surface area contributed by atoms with E-state index in [2.05, 4.69) is 10.3 Å². The molecular weight excluding hydrogens is 327 g/mol. The summed E-state index contributed by atoms with van der Waals surface area (Å²) in [4.78, 5) is 16.1. The summed E-state index contributed by atoms with van der Waals surface area (Å²) in [5.41, 5.74) is 4.18. The van der Waals surface area contributed by atoms with Gasteiger partial charge in [0.05, 0.1) is 5.56 Å². The highest BCUT2D eigenvalue weighted by atomic mass is 32.1. The van der Waals surface area contributed by atoms with Gasteiger partial charge in [-0.3, -0.25) is 10.1 Å². The molecule has 23 heavy (non-hydrogen) atoms. The molecule has 2 rings (SSSR count). The minimum Gasteiger partial charge on any atom is -0.368 e. The van der Waals surface area contributed by atoms with E-state index < -0.39 is 23.2 Å².